The number of pyridine rings is 2. The number of aliphatic imine (C=N–C) groups is 1. The summed E-state index contributed by atoms with van der Waals surface area (Å²) in [7, 11) is 3.30. The van der Waals surface area contributed by atoms with E-state index in [-0.39, 0.29) is 6.61 Å². The fraction of sp³-hybridized carbons (Fsp3) is 0.150. The number of fused-ring (bicyclic) bond motifs is 1. The molecule has 3 rings (SSSR count). The maximum absolute atomic E-state index is 6.28. The lowest BCUT2D eigenvalue weighted by atomic mass is 10.1. The van der Waals surface area contributed by atoms with Crippen LogP contribution in [-0.2, 0) is 0 Å². The normalized spacial score (nSPS) is 12.3. The summed E-state index contributed by atoms with van der Waals surface area (Å²) in [6.45, 7) is 0.203. The van der Waals surface area contributed by atoms with E-state index in [1.165, 1.54) is 0 Å². The molecule has 6 nitrogen and oxygen atoms in total. The largest absolute Gasteiger partial charge is 0.497 e. The quantitative estimate of drug-likeness (QED) is 0.518. The lowest BCUT2D eigenvalue weighted by molar-refractivity contribution is 0.350. The predicted octanol–water partition coefficient (Wildman–Crippen LogP) is 3.74. The summed E-state index contributed by atoms with van der Waals surface area (Å²) in [5.41, 5.74) is 9.76. The van der Waals surface area contributed by atoms with Crippen molar-refractivity contribution in [2.75, 3.05) is 20.8 Å². The second kappa shape index (κ2) is 8.51. The minimum absolute atomic E-state index is 0.203. The zero-order chi connectivity index (χ0) is 19.2. The molecule has 7 heteroatoms. The van der Waals surface area contributed by atoms with Gasteiger partial charge < -0.3 is 15.2 Å². The van der Waals surface area contributed by atoms with Crippen LogP contribution in [0.5, 0.6) is 11.5 Å². The molecule has 0 spiro atoms. The number of nitrogens with zero attached hydrogens (tertiary/aromatic N) is 3. The zero-order valence-electron chi connectivity index (χ0n) is 15.0. The van der Waals surface area contributed by atoms with Crippen molar-refractivity contribution in [1.82, 2.24) is 9.97 Å². The molecule has 0 unspecified atom stereocenters. The Balaban J connectivity index is 1.88. The number of halogens is 1. The number of methoxy groups -OCH3 is 1. The molecule has 0 radical (unpaired) electrons. The Morgan fingerprint density at radius 3 is 2.59 bits per heavy atom. The molecule has 0 aliphatic heterocycles. The second-order valence-electron chi connectivity index (χ2n) is 5.69. The fourth-order valence-electron chi connectivity index (χ4n) is 2.51. The number of rotatable bonds is 6. The van der Waals surface area contributed by atoms with Gasteiger partial charge in [0.15, 0.2) is 0 Å². The van der Waals surface area contributed by atoms with Crippen LogP contribution in [0.2, 0.25) is 5.15 Å². The monoisotopic (exact) mass is 382 g/mol. The molecular weight excluding hydrogens is 364 g/mol. The van der Waals surface area contributed by atoms with E-state index in [4.69, 9.17) is 26.8 Å². The third-order valence-electron chi connectivity index (χ3n) is 3.87. The van der Waals surface area contributed by atoms with Crippen LogP contribution in [0.3, 0.4) is 0 Å². The SMILES string of the molecule is CN=CC(=C(N)COc1ccc(OC)cc1)c1cnc2ccc(Cl)nc2c1. The first-order valence-electron chi connectivity index (χ1n) is 8.21. The molecule has 2 N–H and O–H groups in total. The summed E-state index contributed by atoms with van der Waals surface area (Å²) in [5, 5.41) is 0.409. The third kappa shape index (κ3) is 4.54. The van der Waals surface area contributed by atoms with Crippen molar-refractivity contribution in [3.63, 3.8) is 0 Å². The molecule has 0 amide bonds. The average Bonchev–Trinajstić information content (AvgIpc) is 2.70. The van der Waals surface area contributed by atoms with Gasteiger partial charge >= 0.3 is 0 Å². The summed E-state index contributed by atoms with van der Waals surface area (Å²) in [6.07, 6.45) is 3.41. The average molecular weight is 383 g/mol. The number of nitrogens with two attached hydrogens (primary N) is 1. The lowest BCUT2D eigenvalue weighted by Crippen LogP contribution is -2.13. The first-order valence-corrected chi connectivity index (χ1v) is 8.59. The second-order valence-corrected chi connectivity index (χ2v) is 6.07. The number of hydrogen-bond donors (Lipinski definition) is 1. The van der Waals surface area contributed by atoms with Gasteiger partial charge in [-0.2, -0.15) is 0 Å². The number of hydrogen-bond acceptors (Lipinski definition) is 6. The molecule has 2 aromatic heterocycles. The van der Waals surface area contributed by atoms with Gasteiger partial charge in [-0.1, -0.05) is 11.6 Å². The molecule has 0 atom stereocenters. The molecule has 27 heavy (non-hydrogen) atoms. The molecular formula is C20H19ClN4O2. The Morgan fingerprint density at radius 1 is 1.15 bits per heavy atom. The van der Waals surface area contributed by atoms with Gasteiger partial charge in [-0.05, 0) is 42.5 Å². The van der Waals surface area contributed by atoms with Crippen LogP contribution < -0.4 is 15.2 Å². The highest BCUT2D eigenvalue weighted by Gasteiger charge is 2.09. The highest BCUT2D eigenvalue weighted by atomic mass is 35.5. The van der Waals surface area contributed by atoms with Gasteiger partial charge in [-0.15, -0.1) is 0 Å². The lowest BCUT2D eigenvalue weighted by Gasteiger charge is -2.11. The van der Waals surface area contributed by atoms with Crippen molar-refractivity contribution < 1.29 is 9.47 Å². The van der Waals surface area contributed by atoms with E-state index in [9.17, 15) is 0 Å². The summed E-state index contributed by atoms with van der Waals surface area (Å²) in [4.78, 5) is 12.8. The van der Waals surface area contributed by atoms with Gasteiger partial charge in [0.1, 0.15) is 23.3 Å². The van der Waals surface area contributed by atoms with Crippen LogP contribution >= 0.6 is 11.6 Å². The van der Waals surface area contributed by atoms with Gasteiger partial charge in [0.25, 0.3) is 0 Å². The first kappa shape index (κ1) is 18.7. The van der Waals surface area contributed by atoms with Crippen molar-refractivity contribution in [3.8, 4) is 11.5 Å². The molecule has 0 saturated heterocycles. The van der Waals surface area contributed by atoms with Crippen LogP contribution in [0.15, 0.2) is 59.4 Å². The zero-order valence-corrected chi connectivity index (χ0v) is 15.8. The maximum Gasteiger partial charge on any atom is 0.129 e. The van der Waals surface area contributed by atoms with Gasteiger partial charge in [0.05, 0.1) is 23.8 Å². The molecule has 0 aliphatic rings. The van der Waals surface area contributed by atoms with Crippen molar-refractivity contribution in [3.05, 3.63) is 65.1 Å². The molecule has 2 heterocycles. The van der Waals surface area contributed by atoms with Crippen molar-refractivity contribution in [1.29, 1.82) is 0 Å². The van der Waals surface area contributed by atoms with Crippen molar-refractivity contribution >= 4 is 34.4 Å². The van der Waals surface area contributed by atoms with E-state index in [0.29, 0.717) is 22.1 Å². The van der Waals surface area contributed by atoms with Gasteiger partial charge in [-0.3, -0.25) is 9.98 Å². The number of benzene rings is 1. The highest BCUT2D eigenvalue weighted by molar-refractivity contribution is 6.29. The van der Waals surface area contributed by atoms with Gasteiger partial charge in [-0.25, -0.2) is 4.98 Å². The molecule has 1 aromatic carbocycles. The minimum Gasteiger partial charge on any atom is -0.497 e. The van der Waals surface area contributed by atoms with Crippen LogP contribution in [0.1, 0.15) is 5.56 Å². The Bertz CT molecular complexity index is 1000. The van der Waals surface area contributed by atoms with E-state index in [0.717, 1.165) is 22.4 Å². The Kier molecular flexibility index (Phi) is 5.88. The van der Waals surface area contributed by atoms with Crippen molar-refractivity contribution in [2.24, 2.45) is 10.7 Å². The molecule has 3 aromatic rings. The van der Waals surface area contributed by atoms with Crippen LogP contribution in [-0.4, -0.2) is 36.9 Å². The van der Waals surface area contributed by atoms with E-state index < -0.39 is 0 Å². The molecule has 0 bridgehead atoms. The summed E-state index contributed by atoms with van der Waals surface area (Å²) < 4.78 is 10.9. The number of aromatic nitrogens is 2. The Hall–Kier alpha value is -3.12. The highest BCUT2D eigenvalue weighted by Crippen LogP contribution is 2.21. The number of ether oxygens (including phenoxy) is 2. The van der Waals surface area contributed by atoms with E-state index in [1.54, 1.807) is 32.6 Å². The molecule has 0 aliphatic carbocycles. The fourth-order valence-corrected chi connectivity index (χ4v) is 2.67. The van der Waals surface area contributed by atoms with E-state index in [1.807, 2.05) is 36.4 Å². The van der Waals surface area contributed by atoms with Gasteiger partial charge in [0, 0.05) is 30.6 Å². The van der Waals surface area contributed by atoms with Gasteiger partial charge in [0.2, 0.25) is 0 Å². The molecule has 138 valence electrons. The first-order chi connectivity index (χ1) is 13.1. The molecule has 0 saturated carbocycles. The summed E-state index contributed by atoms with van der Waals surface area (Å²) >= 11 is 5.98. The maximum atomic E-state index is 6.28. The van der Waals surface area contributed by atoms with Crippen molar-refractivity contribution in [2.45, 2.75) is 0 Å². The van der Waals surface area contributed by atoms with E-state index in [2.05, 4.69) is 15.0 Å². The van der Waals surface area contributed by atoms with E-state index >= 15 is 0 Å². The summed E-state index contributed by atoms with van der Waals surface area (Å²) in [6, 6.07) is 12.7. The third-order valence-corrected chi connectivity index (χ3v) is 4.08. The smallest absolute Gasteiger partial charge is 0.129 e. The Labute approximate surface area is 162 Å². The predicted molar refractivity (Wildman–Crippen MR) is 109 cm³/mol. The van der Waals surface area contributed by atoms with Crippen LogP contribution in [0, 0.1) is 0 Å². The summed E-state index contributed by atoms with van der Waals surface area (Å²) in [5.74, 6) is 1.45. The van der Waals surface area contributed by atoms with Crippen LogP contribution in [0.4, 0.5) is 0 Å². The topological polar surface area (TPSA) is 82.6 Å². The number of allylic oxidation sites excluding steroid dienone is 1. The Morgan fingerprint density at radius 2 is 1.89 bits per heavy atom. The standard InChI is InChI=1S/C20H19ClN4O2/c1-23-11-16(13-9-19-18(24-10-13)7-8-20(21)25-19)17(22)12-27-15-5-3-14(26-2)4-6-15/h3-11H,12,22H2,1-2H3. The van der Waals surface area contributed by atoms with Crippen LogP contribution in [0.25, 0.3) is 16.6 Å². The molecule has 0 fully saturated rings. The minimum atomic E-state index is 0.203.